The summed E-state index contributed by atoms with van der Waals surface area (Å²) in [4.78, 5) is 35.3. The number of methoxy groups -OCH3 is 1. The first kappa shape index (κ1) is 23.6. The van der Waals surface area contributed by atoms with Crippen molar-refractivity contribution in [3.05, 3.63) is 16.7 Å². The Kier molecular flexibility index (Phi) is 7.68. The number of halogens is 1. The lowest BCUT2D eigenvalue weighted by atomic mass is 10.1. The third kappa shape index (κ3) is 4.92. The molecule has 0 radical (unpaired) electrons. The fourth-order valence-corrected chi connectivity index (χ4v) is 3.76. The number of aromatic amines is 1. The van der Waals surface area contributed by atoms with Crippen molar-refractivity contribution in [3.63, 3.8) is 0 Å². The lowest BCUT2D eigenvalue weighted by Crippen LogP contribution is -2.31. The number of ether oxygens (including phenoxy) is 2. The highest BCUT2D eigenvalue weighted by atomic mass is 31.2. The highest BCUT2D eigenvalue weighted by Crippen LogP contribution is 2.46. The van der Waals surface area contributed by atoms with E-state index in [2.05, 4.69) is 20.3 Å². The second kappa shape index (κ2) is 10.1. The molecule has 31 heavy (non-hydrogen) atoms. The van der Waals surface area contributed by atoms with Crippen molar-refractivity contribution in [2.45, 2.75) is 38.5 Å². The molecule has 4 unspecified atom stereocenters. The van der Waals surface area contributed by atoms with Crippen LogP contribution < -0.4 is 10.9 Å². The molecule has 1 saturated heterocycles. The van der Waals surface area contributed by atoms with Gasteiger partial charge in [-0.25, -0.2) is 9.37 Å². The number of imidazole rings is 1. The Bertz CT molecular complexity index is 966. The minimum absolute atomic E-state index is 0.00348. The molecule has 0 saturated carbocycles. The zero-order valence-corrected chi connectivity index (χ0v) is 18.6. The molecule has 1 aliphatic heterocycles. The van der Waals surface area contributed by atoms with Crippen LogP contribution in [-0.4, -0.2) is 71.7 Å². The first-order valence-electron chi connectivity index (χ1n) is 9.42. The summed E-state index contributed by atoms with van der Waals surface area (Å²) in [6.07, 6.45) is -3.42. The van der Waals surface area contributed by atoms with Gasteiger partial charge in [0.15, 0.2) is 23.6 Å². The van der Waals surface area contributed by atoms with Gasteiger partial charge in [-0.05, 0) is 0 Å². The van der Waals surface area contributed by atoms with Crippen molar-refractivity contribution >= 4 is 31.6 Å². The van der Waals surface area contributed by atoms with E-state index in [-0.39, 0.29) is 35.5 Å². The van der Waals surface area contributed by atoms with Crippen LogP contribution in [0, 0.1) is 5.92 Å². The second-order valence-corrected chi connectivity index (χ2v) is 8.39. The van der Waals surface area contributed by atoms with Crippen LogP contribution in [-0.2, 0) is 27.8 Å². The summed E-state index contributed by atoms with van der Waals surface area (Å²) in [6.45, 7) is 3.38. The van der Waals surface area contributed by atoms with Gasteiger partial charge in [0.2, 0.25) is 11.9 Å². The Morgan fingerprint density at radius 2 is 2.10 bits per heavy atom. The lowest BCUT2D eigenvalue weighted by Gasteiger charge is -2.23. The van der Waals surface area contributed by atoms with Gasteiger partial charge in [0.25, 0.3) is 5.56 Å². The number of alkyl halides is 1. The zero-order chi connectivity index (χ0) is 22.7. The van der Waals surface area contributed by atoms with E-state index in [1.54, 1.807) is 13.8 Å². The van der Waals surface area contributed by atoms with Crippen LogP contribution in [0.25, 0.3) is 11.2 Å². The van der Waals surface area contributed by atoms with Gasteiger partial charge in [0.05, 0.1) is 12.9 Å². The molecule has 3 heterocycles. The van der Waals surface area contributed by atoms with Gasteiger partial charge in [0, 0.05) is 27.2 Å². The molecular formula is C17H25FN5O7P. The Balaban J connectivity index is 2.01. The Hall–Kier alpha value is -2.02. The van der Waals surface area contributed by atoms with Gasteiger partial charge in [-0.3, -0.25) is 24.5 Å². The molecule has 172 valence electrons. The van der Waals surface area contributed by atoms with E-state index >= 15 is 4.39 Å². The van der Waals surface area contributed by atoms with Crippen LogP contribution in [0.5, 0.6) is 0 Å². The molecule has 12 nitrogen and oxygen atoms in total. The largest absolute Gasteiger partial charge is 0.382 e. The monoisotopic (exact) mass is 461 g/mol. The molecule has 2 N–H and O–H groups in total. The van der Waals surface area contributed by atoms with E-state index in [0.717, 1.165) is 0 Å². The third-order valence-corrected chi connectivity index (χ3v) is 5.59. The molecule has 0 spiro atoms. The topological polar surface area (TPSA) is 139 Å². The van der Waals surface area contributed by atoms with Crippen LogP contribution in [0.2, 0.25) is 0 Å². The van der Waals surface area contributed by atoms with Gasteiger partial charge >= 0.3 is 8.60 Å². The highest BCUT2D eigenvalue weighted by Gasteiger charge is 2.49. The molecule has 1 aliphatic rings. The average molecular weight is 461 g/mol. The van der Waals surface area contributed by atoms with E-state index in [9.17, 15) is 9.59 Å². The lowest BCUT2D eigenvalue weighted by molar-refractivity contribution is -0.118. The summed E-state index contributed by atoms with van der Waals surface area (Å²) >= 11 is 0. The number of amides is 1. The van der Waals surface area contributed by atoms with Crippen LogP contribution in [0.3, 0.4) is 0 Å². The number of carbonyl (C=O) groups excluding carboxylic acids is 1. The van der Waals surface area contributed by atoms with Crippen LogP contribution >= 0.6 is 8.60 Å². The predicted octanol–water partition coefficient (Wildman–Crippen LogP) is 1.50. The first-order chi connectivity index (χ1) is 14.8. The quantitative estimate of drug-likeness (QED) is 0.532. The second-order valence-electron chi connectivity index (χ2n) is 7.01. The Morgan fingerprint density at radius 1 is 1.39 bits per heavy atom. The molecule has 2 aromatic rings. The molecular weight excluding hydrogens is 436 g/mol. The van der Waals surface area contributed by atoms with Gasteiger partial charge in [-0.1, -0.05) is 13.8 Å². The molecule has 1 amide bonds. The summed E-state index contributed by atoms with van der Waals surface area (Å²) in [5.41, 5.74) is -0.485. The summed E-state index contributed by atoms with van der Waals surface area (Å²) < 4.78 is 43.2. The maximum absolute atomic E-state index is 15.1. The number of H-pyrrole nitrogens is 1. The third-order valence-electron chi connectivity index (χ3n) is 4.57. The fraction of sp³-hybridized carbons (Fsp3) is 0.647. The van der Waals surface area contributed by atoms with Crippen LogP contribution in [0.4, 0.5) is 10.3 Å². The van der Waals surface area contributed by atoms with Gasteiger partial charge in [-0.15, -0.1) is 0 Å². The molecule has 0 bridgehead atoms. The van der Waals surface area contributed by atoms with Crippen LogP contribution in [0.1, 0.15) is 20.1 Å². The first-order valence-corrected chi connectivity index (χ1v) is 10.5. The minimum atomic E-state index is -1.84. The predicted molar refractivity (Wildman–Crippen MR) is 108 cm³/mol. The molecule has 4 atom stereocenters. The van der Waals surface area contributed by atoms with Crippen molar-refractivity contribution in [1.82, 2.24) is 19.5 Å². The molecule has 3 rings (SSSR count). The number of aromatic nitrogens is 4. The number of hydrogen-bond acceptors (Lipinski definition) is 9. The number of hydrogen-bond donors (Lipinski definition) is 2. The Labute approximate surface area is 178 Å². The summed E-state index contributed by atoms with van der Waals surface area (Å²) in [7, 11) is 2.33. The van der Waals surface area contributed by atoms with Gasteiger partial charge in [0.1, 0.15) is 12.2 Å². The van der Waals surface area contributed by atoms with E-state index in [0.29, 0.717) is 0 Å². The van der Waals surface area contributed by atoms with Crippen LogP contribution in [0.15, 0.2) is 11.1 Å². The van der Waals surface area contributed by atoms with Crippen molar-refractivity contribution in [2.24, 2.45) is 5.92 Å². The van der Waals surface area contributed by atoms with Gasteiger partial charge in [-0.2, -0.15) is 4.98 Å². The maximum atomic E-state index is 15.1. The van der Waals surface area contributed by atoms with Crippen molar-refractivity contribution in [1.29, 1.82) is 0 Å². The number of fused-ring (bicyclic) bond motifs is 1. The molecule has 0 aromatic carbocycles. The molecule has 0 aliphatic carbocycles. The molecule has 1 fully saturated rings. The smallest absolute Gasteiger partial charge is 0.332 e. The van der Waals surface area contributed by atoms with Crippen molar-refractivity contribution in [2.75, 3.05) is 33.3 Å². The summed E-state index contributed by atoms with van der Waals surface area (Å²) in [5.74, 6) is -0.720. The number of carbonyl (C=O) groups is 1. The molecule has 2 aromatic heterocycles. The molecule has 14 heteroatoms. The standard InChI is InChI=1S/C17H25FN5O7P/c1-8(2)14(24)21-17-20-13-11(15(25)22-17)19-7-23(13)16-12(30-31(27-4)28-5)10(18)9(29-16)6-26-3/h7-10,12,16H,6H2,1-5H3,(H2,20,21,22,24,25). The summed E-state index contributed by atoms with van der Waals surface area (Å²) in [6, 6.07) is 0. The summed E-state index contributed by atoms with van der Waals surface area (Å²) in [5, 5.41) is 2.53. The minimum Gasteiger partial charge on any atom is -0.382 e. The highest BCUT2D eigenvalue weighted by molar-refractivity contribution is 7.41. The van der Waals surface area contributed by atoms with E-state index in [1.165, 1.54) is 32.2 Å². The SMILES string of the molecule is COCC1OC(n2cnc3c(=O)[nH]c(NC(=O)C(C)C)nc32)C(OP(OC)OC)C1F. The van der Waals surface area contributed by atoms with Gasteiger partial charge < -0.3 is 23.0 Å². The fourth-order valence-electron chi connectivity index (χ4n) is 3.02. The Morgan fingerprint density at radius 3 is 2.71 bits per heavy atom. The zero-order valence-electron chi connectivity index (χ0n) is 17.7. The number of anilines is 1. The normalized spacial score (nSPS) is 23.9. The average Bonchev–Trinajstić information content (AvgIpc) is 3.28. The number of nitrogens with one attached hydrogen (secondary N) is 2. The van der Waals surface area contributed by atoms with Crippen molar-refractivity contribution in [3.8, 4) is 0 Å². The van der Waals surface area contributed by atoms with E-state index in [1.807, 2.05) is 0 Å². The number of nitrogens with zero attached hydrogens (tertiary/aromatic N) is 3. The van der Waals surface area contributed by atoms with E-state index < -0.39 is 38.8 Å². The maximum Gasteiger partial charge on any atom is 0.332 e. The van der Waals surface area contributed by atoms with E-state index in [4.69, 9.17) is 23.0 Å². The number of rotatable bonds is 9. The van der Waals surface area contributed by atoms with Crippen molar-refractivity contribution < 1.29 is 32.2 Å².